The molecule has 0 bridgehead atoms. The molecule has 1 saturated heterocycles. The smallest absolute Gasteiger partial charge is 0.258 e. The molecule has 1 atom stereocenters. The number of nitrogens with zero attached hydrogens (tertiary/aromatic N) is 1. The zero-order chi connectivity index (χ0) is 22.5. The summed E-state index contributed by atoms with van der Waals surface area (Å²) in [6, 6.07) is 7.40. The van der Waals surface area contributed by atoms with E-state index in [9.17, 15) is 9.59 Å². The third kappa shape index (κ3) is 5.51. The van der Waals surface area contributed by atoms with Crippen molar-refractivity contribution in [3.05, 3.63) is 40.3 Å². The first-order chi connectivity index (χ1) is 15.5. The molecule has 1 unspecified atom stereocenters. The van der Waals surface area contributed by atoms with Crippen LogP contribution in [0.1, 0.15) is 60.3 Å². The van der Waals surface area contributed by atoms with Crippen molar-refractivity contribution in [2.45, 2.75) is 52.4 Å². The van der Waals surface area contributed by atoms with Gasteiger partial charge in [0.25, 0.3) is 5.91 Å². The summed E-state index contributed by atoms with van der Waals surface area (Å²) < 4.78 is 5.49. The Bertz CT molecular complexity index is 948. The third-order valence-corrected chi connectivity index (χ3v) is 7.40. The summed E-state index contributed by atoms with van der Waals surface area (Å²) in [6.07, 6.45) is 6.44. The molecule has 0 radical (unpaired) electrons. The van der Waals surface area contributed by atoms with Crippen molar-refractivity contribution in [3.8, 4) is 5.75 Å². The second-order valence-corrected chi connectivity index (χ2v) is 9.96. The summed E-state index contributed by atoms with van der Waals surface area (Å²) in [5.74, 6) is 1.18. The van der Waals surface area contributed by atoms with Crippen LogP contribution < -0.4 is 15.4 Å². The number of thiophene rings is 1. The Kier molecular flexibility index (Phi) is 7.48. The minimum Gasteiger partial charge on any atom is -0.494 e. The topological polar surface area (TPSA) is 70.7 Å². The lowest BCUT2D eigenvalue weighted by molar-refractivity contribution is -0.117. The molecule has 6 nitrogen and oxygen atoms in total. The van der Waals surface area contributed by atoms with Gasteiger partial charge in [0, 0.05) is 10.6 Å². The lowest BCUT2D eigenvalue weighted by Gasteiger charge is -2.25. The average Bonchev–Trinajstić information content (AvgIpc) is 3.12. The Morgan fingerprint density at radius 2 is 1.88 bits per heavy atom. The minimum atomic E-state index is -0.158. The Morgan fingerprint density at radius 3 is 2.59 bits per heavy atom. The zero-order valence-corrected chi connectivity index (χ0v) is 19.9. The maximum absolute atomic E-state index is 13.3. The molecule has 1 fully saturated rings. The Balaban J connectivity index is 1.52. The van der Waals surface area contributed by atoms with E-state index in [-0.39, 0.29) is 11.8 Å². The molecule has 7 heteroatoms. The van der Waals surface area contributed by atoms with E-state index in [0.29, 0.717) is 35.3 Å². The van der Waals surface area contributed by atoms with Crippen LogP contribution in [0.25, 0.3) is 0 Å². The van der Waals surface area contributed by atoms with Crippen LogP contribution in [0.4, 0.5) is 10.7 Å². The molecule has 1 aliphatic carbocycles. The number of amides is 2. The van der Waals surface area contributed by atoms with Gasteiger partial charge in [0.1, 0.15) is 10.8 Å². The van der Waals surface area contributed by atoms with Crippen LogP contribution in [0.3, 0.4) is 0 Å². The maximum atomic E-state index is 13.3. The Hall–Kier alpha value is -2.38. The lowest BCUT2D eigenvalue weighted by Crippen LogP contribution is -2.37. The first-order valence-electron chi connectivity index (χ1n) is 11.7. The van der Waals surface area contributed by atoms with Crippen molar-refractivity contribution in [3.63, 3.8) is 0 Å². The van der Waals surface area contributed by atoms with E-state index in [0.717, 1.165) is 56.5 Å². The van der Waals surface area contributed by atoms with E-state index in [2.05, 4.69) is 22.5 Å². The van der Waals surface area contributed by atoms with Gasteiger partial charge in [-0.2, -0.15) is 0 Å². The molecule has 1 aromatic heterocycles. The van der Waals surface area contributed by atoms with Crippen LogP contribution in [-0.2, 0) is 17.6 Å². The third-order valence-electron chi connectivity index (χ3n) is 6.23. The van der Waals surface area contributed by atoms with E-state index in [4.69, 9.17) is 4.74 Å². The van der Waals surface area contributed by atoms with Crippen LogP contribution in [0.2, 0.25) is 0 Å². The molecule has 32 heavy (non-hydrogen) atoms. The van der Waals surface area contributed by atoms with Gasteiger partial charge in [-0.15, -0.1) is 11.3 Å². The number of rotatable bonds is 7. The highest BCUT2D eigenvalue weighted by atomic mass is 32.1. The van der Waals surface area contributed by atoms with Crippen LogP contribution >= 0.6 is 11.3 Å². The number of piperidine rings is 1. The van der Waals surface area contributed by atoms with Crippen LogP contribution in [0, 0.1) is 5.92 Å². The number of hydrogen-bond acceptors (Lipinski definition) is 5. The van der Waals surface area contributed by atoms with Crippen molar-refractivity contribution in [1.29, 1.82) is 0 Å². The molecular formula is C25H33N3O3S. The van der Waals surface area contributed by atoms with Gasteiger partial charge in [0.15, 0.2) is 0 Å². The molecule has 172 valence electrons. The van der Waals surface area contributed by atoms with Gasteiger partial charge in [0.05, 0.1) is 18.7 Å². The Labute approximate surface area is 194 Å². The molecule has 2 heterocycles. The molecular weight excluding hydrogens is 422 g/mol. The largest absolute Gasteiger partial charge is 0.494 e. The van der Waals surface area contributed by atoms with Crippen LogP contribution in [-0.4, -0.2) is 43.0 Å². The van der Waals surface area contributed by atoms with E-state index in [1.807, 2.05) is 31.2 Å². The second kappa shape index (κ2) is 10.5. The minimum absolute atomic E-state index is 0.0336. The van der Waals surface area contributed by atoms with Gasteiger partial charge in [-0.25, -0.2) is 0 Å². The van der Waals surface area contributed by atoms with Crippen molar-refractivity contribution in [2.24, 2.45) is 5.92 Å². The average molecular weight is 456 g/mol. The lowest BCUT2D eigenvalue weighted by atomic mass is 9.88. The number of benzene rings is 1. The van der Waals surface area contributed by atoms with Gasteiger partial charge in [-0.1, -0.05) is 13.3 Å². The zero-order valence-electron chi connectivity index (χ0n) is 19.0. The monoisotopic (exact) mass is 455 g/mol. The highest BCUT2D eigenvalue weighted by molar-refractivity contribution is 7.17. The van der Waals surface area contributed by atoms with Gasteiger partial charge >= 0.3 is 0 Å². The molecule has 2 aromatic rings. The SMILES string of the molecule is CCOc1ccc(NC(=O)c2c(NC(=O)CN3CCCCC3)sc3c2CCC(C)C3)cc1. The van der Waals surface area contributed by atoms with E-state index < -0.39 is 0 Å². The molecule has 2 aliphatic rings. The summed E-state index contributed by atoms with van der Waals surface area (Å²) in [7, 11) is 0. The summed E-state index contributed by atoms with van der Waals surface area (Å²) in [5.41, 5.74) is 2.45. The van der Waals surface area contributed by atoms with Crippen molar-refractivity contribution < 1.29 is 14.3 Å². The predicted molar refractivity (Wildman–Crippen MR) is 130 cm³/mol. The number of hydrogen-bond donors (Lipinski definition) is 2. The summed E-state index contributed by atoms with van der Waals surface area (Å²) >= 11 is 1.57. The second-order valence-electron chi connectivity index (χ2n) is 8.85. The predicted octanol–water partition coefficient (Wildman–Crippen LogP) is 4.95. The molecule has 2 amide bonds. The highest BCUT2D eigenvalue weighted by Gasteiger charge is 2.29. The fourth-order valence-corrected chi connectivity index (χ4v) is 5.98. The van der Waals surface area contributed by atoms with Crippen molar-refractivity contribution in [2.75, 3.05) is 36.9 Å². The fourth-order valence-electron chi connectivity index (χ4n) is 4.56. The number of fused-ring (bicyclic) bond motifs is 1. The first kappa shape index (κ1) is 22.8. The quantitative estimate of drug-likeness (QED) is 0.620. The van der Waals surface area contributed by atoms with E-state index in [1.165, 1.54) is 11.3 Å². The van der Waals surface area contributed by atoms with Crippen LogP contribution in [0.15, 0.2) is 24.3 Å². The number of anilines is 2. The van der Waals surface area contributed by atoms with E-state index >= 15 is 0 Å². The number of nitrogens with one attached hydrogen (secondary N) is 2. The highest BCUT2D eigenvalue weighted by Crippen LogP contribution is 2.40. The summed E-state index contributed by atoms with van der Waals surface area (Å²) in [5, 5.41) is 6.79. The normalized spacial score (nSPS) is 18.6. The molecule has 1 aliphatic heterocycles. The van der Waals surface area contributed by atoms with Gasteiger partial charge in [-0.05, 0) is 87.9 Å². The maximum Gasteiger partial charge on any atom is 0.258 e. The number of ether oxygens (including phenoxy) is 1. The van der Waals surface area contributed by atoms with E-state index in [1.54, 1.807) is 11.3 Å². The first-order valence-corrected chi connectivity index (χ1v) is 12.6. The number of carbonyl (C=O) groups excluding carboxylic acids is 2. The van der Waals surface area contributed by atoms with Crippen molar-refractivity contribution in [1.82, 2.24) is 4.90 Å². The van der Waals surface area contributed by atoms with Gasteiger partial charge in [0.2, 0.25) is 5.91 Å². The Morgan fingerprint density at radius 1 is 1.12 bits per heavy atom. The van der Waals surface area contributed by atoms with Gasteiger partial charge < -0.3 is 15.4 Å². The molecule has 0 saturated carbocycles. The van der Waals surface area contributed by atoms with Gasteiger partial charge in [-0.3, -0.25) is 14.5 Å². The molecule has 1 aromatic carbocycles. The standard InChI is InChI=1S/C25H33N3O3S/c1-3-31-19-10-8-18(9-11-19)26-24(30)23-20-12-7-17(2)15-21(20)32-25(23)27-22(29)16-28-13-5-4-6-14-28/h8-11,17H,3-7,12-16H2,1-2H3,(H,26,30)(H,27,29). The van der Waals surface area contributed by atoms with Crippen molar-refractivity contribution >= 4 is 33.8 Å². The van der Waals surface area contributed by atoms with Crippen LogP contribution in [0.5, 0.6) is 5.75 Å². The summed E-state index contributed by atoms with van der Waals surface area (Å²) in [6.45, 7) is 7.12. The molecule has 2 N–H and O–H groups in total. The number of likely N-dealkylation sites (tertiary alicyclic amines) is 1. The summed E-state index contributed by atoms with van der Waals surface area (Å²) in [4.78, 5) is 29.6. The number of carbonyl (C=O) groups is 2. The fraction of sp³-hybridized carbons (Fsp3) is 0.520. The molecule has 0 spiro atoms. The molecule has 4 rings (SSSR count).